The van der Waals surface area contributed by atoms with Crippen molar-refractivity contribution in [2.75, 3.05) is 0 Å². The zero-order chi connectivity index (χ0) is 14.2. The first kappa shape index (κ1) is 12.2. The Bertz CT molecular complexity index is 910. The summed E-state index contributed by atoms with van der Waals surface area (Å²) in [6, 6.07) is 7.99. The summed E-state index contributed by atoms with van der Waals surface area (Å²) < 4.78 is 2.05. The molecule has 102 valence electrons. The van der Waals surface area contributed by atoms with Crippen molar-refractivity contribution in [3.8, 4) is 21.3 Å². The molecule has 0 fully saturated rings. The summed E-state index contributed by atoms with van der Waals surface area (Å²) in [5.74, 6) is 0. The van der Waals surface area contributed by atoms with E-state index in [1.165, 1.54) is 11.3 Å². The first-order valence-corrected chi connectivity index (χ1v) is 7.28. The van der Waals surface area contributed by atoms with E-state index < -0.39 is 0 Å². The zero-order valence-corrected chi connectivity index (χ0v) is 12.1. The molecule has 4 aromatic rings. The molecular weight excluding hydrogens is 282 g/mol. The maximum atomic E-state index is 4.49. The fraction of sp³-hybridized carbons (Fsp3) is 0.0667. The monoisotopic (exact) mass is 293 g/mol. The minimum Gasteiger partial charge on any atom is -0.349 e. The number of aromatic nitrogens is 5. The lowest BCUT2D eigenvalue weighted by Crippen LogP contribution is -1.87. The van der Waals surface area contributed by atoms with Gasteiger partial charge in [-0.3, -0.25) is 9.97 Å². The Morgan fingerprint density at radius 3 is 2.86 bits per heavy atom. The van der Waals surface area contributed by atoms with Gasteiger partial charge >= 0.3 is 0 Å². The average molecular weight is 293 g/mol. The van der Waals surface area contributed by atoms with Crippen molar-refractivity contribution in [1.29, 1.82) is 0 Å². The first-order valence-electron chi connectivity index (χ1n) is 6.46. The van der Waals surface area contributed by atoms with Crippen LogP contribution in [0, 0.1) is 0 Å². The Labute approximate surface area is 124 Å². The number of rotatable bonds is 2. The van der Waals surface area contributed by atoms with E-state index in [1.807, 2.05) is 42.2 Å². The molecule has 0 aliphatic heterocycles. The van der Waals surface area contributed by atoms with Crippen LogP contribution in [-0.4, -0.2) is 24.7 Å². The quantitative estimate of drug-likeness (QED) is 0.569. The van der Waals surface area contributed by atoms with Crippen LogP contribution in [0.15, 0.2) is 49.1 Å². The number of hydrogen-bond acceptors (Lipinski definition) is 5. The van der Waals surface area contributed by atoms with Gasteiger partial charge in [0, 0.05) is 36.6 Å². The molecule has 0 spiro atoms. The van der Waals surface area contributed by atoms with Crippen molar-refractivity contribution in [1.82, 2.24) is 24.7 Å². The Morgan fingerprint density at radius 1 is 1.10 bits per heavy atom. The van der Waals surface area contributed by atoms with Crippen LogP contribution in [-0.2, 0) is 7.05 Å². The molecule has 4 aromatic heterocycles. The molecule has 0 aliphatic rings. The SMILES string of the molecule is Cn1ccc2cc(-c3nnc(-c4cccnc4)s3)ncc21. The Kier molecular flexibility index (Phi) is 2.75. The molecule has 4 heterocycles. The van der Waals surface area contributed by atoms with Crippen LogP contribution >= 0.6 is 11.3 Å². The zero-order valence-electron chi connectivity index (χ0n) is 11.3. The third kappa shape index (κ3) is 2.09. The third-order valence-electron chi connectivity index (χ3n) is 3.32. The highest BCUT2D eigenvalue weighted by Gasteiger charge is 2.11. The number of fused-ring (bicyclic) bond motifs is 1. The topological polar surface area (TPSA) is 56.5 Å². The highest BCUT2D eigenvalue weighted by atomic mass is 32.1. The summed E-state index contributed by atoms with van der Waals surface area (Å²) in [6.07, 6.45) is 7.43. The van der Waals surface area contributed by atoms with Gasteiger partial charge in [-0.05, 0) is 24.3 Å². The van der Waals surface area contributed by atoms with Gasteiger partial charge in [-0.2, -0.15) is 0 Å². The first-order chi connectivity index (χ1) is 10.3. The molecule has 0 radical (unpaired) electrons. The molecule has 0 saturated carbocycles. The van der Waals surface area contributed by atoms with Gasteiger partial charge in [0.25, 0.3) is 0 Å². The molecule has 0 aromatic carbocycles. The predicted octanol–water partition coefficient (Wildman–Crippen LogP) is 3.15. The fourth-order valence-corrected chi connectivity index (χ4v) is 3.02. The van der Waals surface area contributed by atoms with Crippen LogP contribution in [0.3, 0.4) is 0 Å². The lowest BCUT2D eigenvalue weighted by molar-refractivity contribution is 0.965. The maximum absolute atomic E-state index is 4.49. The van der Waals surface area contributed by atoms with Gasteiger partial charge in [-0.15, -0.1) is 10.2 Å². The van der Waals surface area contributed by atoms with E-state index in [4.69, 9.17) is 0 Å². The molecule has 5 nitrogen and oxygen atoms in total. The molecule has 21 heavy (non-hydrogen) atoms. The van der Waals surface area contributed by atoms with Gasteiger partial charge in [0.15, 0.2) is 5.01 Å². The Balaban J connectivity index is 1.77. The molecule has 0 atom stereocenters. The van der Waals surface area contributed by atoms with Gasteiger partial charge in [-0.25, -0.2) is 0 Å². The molecule has 0 N–H and O–H groups in total. The van der Waals surface area contributed by atoms with E-state index in [0.29, 0.717) is 0 Å². The van der Waals surface area contributed by atoms with E-state index in [1.54, 1.807) is 12.4 Å². The standard InChI is InChI=1S/C15H11N5S/c1-20-6-4-10-7-12(17-9-13(10)20)15-19-18-14(21-15)11-3-2-5-16-8-11/h2-9H,1H3. The maximum Gasteiger partial charge on any atom is 0.166 e. The summed E-state index contributed by atoms with van der Waals surface area (Å²) in [5, 5.41) is 11.3. The number of nitrogens with zero attached hydrogens (tertiary/aromatic N) is 5. The minimum absolute atomic E-state index is 0.819. The second-order valence-electron chi connectivity index (χ2n) is 4.71. The van der Waals surface area contributed by atoms with Crippen LogP contribution in [0.5, 0.6) is 0 Å². The Morgan fingerprint density at radius 2 is 2.00 bits per heavy atom. The molecule has 0 bridgehead atoms. The number of pyridine rings is 2. The van der Waals surface area contributed by atoms with Crippen molar-refractivity contribution in [3.63, 3.8) is 0 Å². The second-order valence-corrected chi connectivity index (χ2v) is 5.69. The van der Waals surface area contributed by atoms with Crippen LogP contribution in [0.2, 0.25) is 0 Å². The molecule has 0 aliphatic carbocycles. The van der Waals surface area contributed by atoms with Crippen LogP contribution < -0.4 is 0 Å². The normalized spacial score (nSPS) is 11.1. The lowest BCUT2D eigenvalue weighted by Gasteiger charge is -1.97. The molecule has 0 amide bonds. The molecule has 4 rings (SSSR count). The second kappa shape index (κ2) is 4.75. The molecule has 6 heteroatoms. The Hall–Kier alpha value is -2.60. The fourth-order valence-electron chi connectivity index (χ4n) is 2.21. The van der Waals surface area contributed by atoms with Crippen molar-refractivity contribution in [2.45, 2.75) is 0 Å². The smallest absolute Gasteiger partial charge is 0.166 e. The van der Waals surface area contributed by atoms with E-state index in [0.717, 1.165) is 32.2 Å². The summed E-state index contributed by atoms with van der Waals surface area (Å²) in [7, 11) is 2.01. The van der Waals surface area contributed by atoms with Crippen molar-refractivity contribution < 1.29 is 0 Å². The van der Waals surface area contributed by atoms with E-state index in [2.05, 4.69) is 26.2 Å². The van der Waals surface area contributed by atoms with Gasteiger partial charge in [0.2, 0.25) is 0 Å². The predicted molar refractivity (Wildman–Crippen MR) is 82.8 cm³/mol. The summed E-state index contributed by atoms with van der Waals surface area (Å²) in [4.78, 5) is 8.60. The highest BCUT2D eigenvalue weighted by Crippen LogP contribution is 2.29. The number of aryl methyl sites for hydroxylation is 1. The number of hydrogen-bond donors (Lipinski definition) is 0. The van der Waals surface area contributed by atoms with Crippen LogP contribution in [0.25, 0.3) is 32.2 Å². The minimum atomic E-state index is 0.819. The third-order valence-corrected chi connectivity index (χ3v) is 4.32. The van der Waals surface area contributed by atoms with Gasteiger partial charge in [-0.1, -0.05) is 11.3 Å². The largest absolute Gasteiger partial charge is 0.349 e. The van der Waals surface area contributed by atoms with E-state index in [9.17, 15) is 0 Å². The summed E-state index contributed by atoms with van der Waals surface area (Å²) in [6.45, 7) is 0. The summed E-state index contributed by atoms with van der Waals surface area (Å²) in [5.41, 5.74) is 2.93. The van der Waals surface area contributed by atoms with Gasteiger partial charge in [0.1, 0.15) is 10.7 Å². The highest BCUT2D eigenvalue weighted by molar-refractivity contribution is 7.17. The van der Waals surface area contributed by atoms with Crippen molar-refractivity contribution in [2.24, 2.45) is 7.05 Å². The van der Waals surface area contributed by atoms with Crippen LogP contribution in [0.4, 0.5) is 0 Å². The summed E-state index contributed by atoms with van der Waals surface area (Å²) >= 11 is 1.52. The molecular formula is C15H11N5S. The lowest BCUT2D eigenvalue weighted by atomic mass is 10.3. The van der Waals surface area contributed by atoms with E-state index in [-0.39, 0.29) is 0 Å². The van der Waals surface area contributed by atoms with Crippen LogP contribution in [0.1, 0.15) is 0 Å². The van der Waals surface area contributed by atoms with Crippen molar-refractivity contribution in [3.05, 3.63) is 49.1 Å². The average Bonchev–Trinajstić information content (AvgIpc) is 3.15. The van der Waals surface area contributed by atoms with Crippen molar-refractivity contribution >= 4 is 22.2 Å². The van der Waals surface area contributed by atoms with Gasteiger partial charge < -0.3 is 4.57 Å². The molecule has 0 unspecified atom stereocenters. The molecule has 0 saturated heterocycles. The van der Waals surface area contributed by atoms with E-state index >= 15 is 0 Å². The van der Waals surface area contributed by atoms with Gasteiger partial charge in [0.05, 0.1) is 11.7 Å².